The van der Waals surface area contributed by atoms with Crippen molar-refractivity contribution in [2.45, 2.75) is 96.4 Å². The smallest absolute Gasteiger partial charge is 0.303 e. The number of esters is 1. The number of allylic oxidation sites excluding steroid dienone is 1. The van der Waals surface area contributed by atoms with E-state index in [0.29, 0.717) is 34.7 Å². The fraction of sp³-hybridized carbons (Fsp3) is 0.706. The molecule has 0 aromatic heterocycles. The van der Waals surface area contributed by atoms with Crippen molar-refractivity contribution in [3.63, 3.8) is 0 Å². The summed E-state index contributed by atoms with van der Waals surface area (Å²) in [5.41, 5.74) is 2.78. The zero-order valence-corrected chi connectivity index (χ0v) is 25.3. The molecule has 6 heteroatoms. The third kappa shape index (κ3) is 4.23. The summed E-state index contributed by atoms with van der Waals surface area (Å²) >= 11 is 0. The summed E-state index contributed by atoms with van der Waals surface area (Å²) in [4.78, 5) is 30.2. The third-order valence-electron chi connectivity index (χ3n) is 12.5. The van der Waals surface area contributed by atoms with Crippen LogP contribution in [-0.4, -0.2) is 61.0 Å². The molecule has 6 rings (SSSR count). The highest BCUT2D eigenvalue weighted by Gasteiger charge is 2.65. The predicted octanol–water partition coefficient (Wildman–Crippen LogP) is 6.02. The number of carbonyl (C=O) groups excluding carboxylic acids is 2. The zero-order valence-electron chi connectivity index (χ0n) is 25.3. The Morgan fingerprint density at radius 3 is 2.45 bits per heavy atom. The van der Waals surface area contributed by atoms with Crippen LogP contribution in [0.5, 0.6) is 5.75 Å². The van der Waals surface area contributed by atoms with Crippen molar-refractivity contribution < 1.29 is 19.1 Å². The molecule has 218 valence electrons. The van der Waals surface area contributed by atoms with E-state index in [-0.39, 0.29) is 11.9 Å². The molecule has 1 spiro atoms. The molecular formula is C34H48N2O4. The second kappa shape index (κ2) is 10.5. The van der Waals surface area contributed by atoms with E-state index in [1.54, 1.807) is 24.8 Å². The number of amides is 1. The minimum Gasteiger partial charge on any atom is -0.497 e. The Labute approximate surface area is 240 Å². The van der Waals surface area contributed by atoms with Gasteiger partial charge in [-0.1, -0.05) is 23.8 Å². The molecule has 1 aromatic rings. The molecule has 0 radical (unpaired) electrons. The molecule has 1 saturated heterocycles. The Morgan fingerprint density at radius 2 is 1.75 bits per heavy atom. The van der Waals surface area contributed by atoms with Gasteiger partial charge in [-0.15, -0.1) is 0 Å². The van der Waals surface area contributed by atoms with Crippen LogP contribution in [0.4, 0.5) is 0 Å². The Hall–Kier alpha value is -2.34. The van der Waals surface area contributed by atoms with Crippen LogP contribution >= 0.6 is 0 Å². The summed E-state index contributed by atoms with van der Waals surface area (Å²) in [5.74, 6) is 4.15. The van der Waals surface area contributed by atoms with Gasteiger partial charge in [-0.25, -0.2) is 0 Å². The van der Waals surface area contributed by atoms with Gasteiger partial charge in [-0.3, -0.25) is 9.59 Å². The lowest BCUT2D eigenvalue weighted by Crippen LogP contribution is -2.52. The molecule has 1 amide bonds. The maximum atomic E-state index is 13.7. The number of ether oxygens (including phenoxy) is 2. The van der Waals surface area contributed by atoms with Gasteiger partial charge in [0.15, 0.2) is 0 Å². The number of likely N-dealkylation sites (tertiary alicyclic amines) is 1. The molecule has 0 bridgehead atoms. The second-order valence-electron chi connectivity index (χ2n) is 13.6. The molecule has 6 nitrogen and oxygen atoms in total. The molecule has 4 aliphatic carbocycles. The van der Waals surface area contributed by atoms with E-state index < -0.39 is 12.1 Å². The molecule has 4 fully saturated rings. The van der Waals surface area contributed by atoms with Gasteiger partial charge in [-0.2, -0.15) is 0 Å². The number of carbonyl (C=O) groups is 2. The van der Waals surface area contributed by atoms with Crippen molar-refractivity contribution in [3.05, 3.63) is 41.5 Å². The Bertz CT molecular complexity index is 1160. The largest absolute Gasteiger partial charge is 0.497 e. The maximum Gasteiger partial charge on any atom is 0.303 e. The minimum absolute atomic E-state index is 0.137. The predicted molar refractivity (Wildman–Crippen MR) is 156 cm³/mol. The highest BCUT2D eigenvalue weighted by molar-refractivity contribution is 5.85. The fourth-order valence-electron chi connectivity index (χ4n) is 10.5. The van der Waals surface area contributed by atoms with Gasteiger partial charge in [0.2, 0.25) is 6.10 Å². The number of fused-ring (bicyclic) bond motifs is 4. The fourth-order valence-corrected chi connectivity index (χ4v) is 10.5. The van der Waals surface area contributed by atoms with E-state index in [4.69, 9.17) is 9.47 Å². The van der Waals surface area contributed by atoms with Crippen LogP contribution in [0.2, 0.25) is 0 Å². The average Bonchev–Trinajstić information content (AvgIpc) is 3.45. The number of hydrogen-bond acceptors (Lipinski definition) is 5. The number of benzene rings is 1. The second-order valence-corrected chi connectivity index (χ2v) is 13.6. The van der Waals surface area contributed by atoms with Crippen LogP contribution in [-0.2, 0) is 14.3 Å². The van der Waals surface area contributed by atoms with Crippen LogP contribution in [0.25, 0.3) is 0 Å². The highest BCUT2D eigenvalue weighted by atomic mass is 16.5. The number of likely N-dealkylation sites (N-methyl/N-ethyl adjacent to an activating group) is 1. The number of methoxy groups -OCH3 is 1. The minimum atomic E-state index is -0.936. The van der Waals surface area contributed by atoms with Crippen LogP contribution in [0.1, 0.15) is 83.8 Å². The molecule has 9 unspecified atom stereocenters. The van der Waals surface area contributed by atoms with E-state index in [9.17, 15) is 9.59 Å². The molecule has 3 saturated carbocycles. The van der Waals surface area contributed by atoms with Crippen molar-refractivity contribution in [3.8, 4) is 5.75 Å². The number of nitrogens with zero attached hydrogens (tertiary/aromatic N) is 2. The van der Waals surface area contributed by atoms with E-state index in [0.717, 1.165) is 42.9 Å². The summed E-state index contributed by atoms with van der Waals surface area (Å²) < 4.78 is 10.8. The first-order valence-electron chi connectivity index (χ1n) is 15.7. The maximum absolute atomic E-state index is 13.7. The first-order valence-corrected chi connectivity index (χ1v) is 15.7. The Balaban J connectivity index is 1.17. The van der Waals surface area contributed by atoms with Gasteiger partial charge in [-0.05, 0) is 119 Å². The first-order chi connectivity index (χ1) is 19.2. The van der Waals surface area contributed by atoms with Crippen LogP contribution in [0, 0.1) is 35.0 Å². The quantitative estimate of drug-likeness (QED) is 0.333. The molecule has 0 N–H and O–H groups in total. The summed E-state index contributed by atoms with van der Waals surface area (Å²) in [6, 6.07) is 8.77. The standard InChI is InChI=1S/C34H48N2O4/c1-20-30-15-16-31-29-13-9-24-19-25(10-14-27(24)28(29)17-18-34(30,31)21(2)35(20)4)36(5)33(38)32(40-22(3)37)23-7-11-26(39-6)12-8-23/h7-9,11-12,20-21,25,27-32H,10,13-19H2,1-6H3/t20?,21-,25?,27?,28?,29?,30?,31?,32?,34?/m0/s1. The lowest BCUT2D eigenvalue weighted by atomic mass is 9.50. The van der Waals surface area contributed by atoms with Gasteiger partial charge >= 0.3 is 5.97 Å². The molecule has 10 atom stereocenters. The topological polar surface area (TPSA) is 59.1 Å². The lowest BCUT2D eigenvalue weighted by Gasteiger charge is -2.55. The van der Waals surface area contributed by atoms with Crippen LogP contribution in [0.3, 0.4) is 0 Å². The molecule has 1 aromatic carbocycles. The van der Waals surface area contributed by atoms with Gasteiger partial charge < -0.3 is 19.3 Å². The third-order valence-corrected chi connectivity index (χ3v) is 12.5. The highest BCUT2D eigenvalue weighted by Crippen LogP contribution is 2.68. The van der Waals surface area contributed by atoms with Crippen LogP contribution in [0.15, 0.2) is 35.9 Å². The monoisotopic (exact) mass is 548 g/mol. The molecule has 5 aliphatic rings. The van der Waals surface area contributed by atoms with E-state index in [1.807, 2.05) is 24.1 Å². The average molecular weight is 549 g/mol. The first kappa shape index (κ1) is 27.8. The summed E-state index contributed by atoms with van der Waals surface area (Å²) in [6.07, 6.45) is 11.6. The van der Waals surface area contributed by atoms with Crippen molar-refractivity contribution in [2.24, 2.45) is 35.0 Å². The van der Waals surface area contributed by atoms with Crippen molar-refractivity contribution in [2.75, 3.05) is 21.2 Å². The SMILES string of the molecule is COc1ccc(C(OC(C)=O)C(=O)N(C)C2CCC3C(=CCC4C3CCC35C4CCC3C(C)N(C)[C@H]5C)C2)cc1. The summed E-state index contributed by atoms with van der Waals surface area (Å²) in [7, 11) is 5.87. The normalized spacial score (nSPS) is 39.2. The van der Waals surface area contributed by atoms with Gasteiger partial charge in [0.25, 0.3) is 5.91 Å². The van der Waals surface area contributed by atoms with E-state index >= 15 is 0 Å². The molecule has 40 heavy (non-hydrogen) atoms. The van der Waals surface area contributed by atoms with E-state index in [2.05, 4.69) is 31.9 Å². The van der Waals surface area contributed by atoms with Crippen molar-refractivity contribution in [1.29, 1.82) is 0 Å². The van der Waals surface area contributed by atoms with E-state index in [1.165, 1.54) is 39.0 Å². The van der Waals surface area contributed by atoms with Gasteiger partial charge in [0.1, 0.15) is 5.75 Å². The van der Waals surface area contributed by atoms with Crippen molar-refractivity contribution >= 4 is 11.9 Å². The molecule has 1 aliphatic heterocycles. The van der Waals surface area contributed by atoms with Gasteiger partial charge in [0, 0.05) is 37.7 Å². The van der Waals surface area contributed by atoms with Crippen molar-refractivity contribution in [1.82, 2.24) is 9.80 Å². The summed E-state index contributed by atoms with van der Waals surface area (Å²) in [6.45, 7) is 6.36. The zero-order chi connectivity index (χ0) is 28.3. The molecular weight excluding hydrogens is 500 g/mol. The Morgan fingerprint density at radius 1 is 1.02 bits per heavy atom. The van der Waals surface area contributed by atoms with Gasteiger partial charge in [0.05, 0.1) is 7.11 Å². The summed E-state index contributed by atoms with van der Waals surface area (Å²) in [5, 5.41) is 0. The van der Waals surface area contributed by atoms with Crippen LogP contribution < -0.4 is 4.74 Å². The Kier molecular flexibility index (Phi) is 7.29. The number of rotatable bonds is 5. The molecule has 1 heterocycles. The lowest BCUT2D eigenvalue weighted by molar-refractivity contribution is -0.160. The number of hydrogen-bond donors (Lipinski definition) is 0.